The number of likely N-dealkylation sites (N-methyl/N-ethyl adjacent to an activating group) is 1. The van der Waals surface area contributed by atoms with Crippen LogP contribution in [0.5, 0.6) is 0 Å². The van der Waals surface area contributed by atoms with Crippen molar-refractivity contribution in [3.63, 3.8) is 0 Å². The number of benzene rings is 2. The molecule has 0 aliphatic rings. The summed E-state index contributed by atoms with van der Waals surface area (Å²) in [6.45, 7) is 2.10. The zero-order valence-electron chi connectivity index (χ0n) is 14.5. The first-order valence-electron chi connectivity index (χ1n) is 7.84. The Morgan fingerprint density at radius 3 is 2.52 bits per heavy atom. The number of carbonyl (C=O) groups is 2. The summed E-state index contributed by atoms with van der Waals surface area (Å²) < 4.78 is 17.7. The lowest BCUT2D eigenvalue weighted by atomic mass is 10.1. The van der Waals surface area contributed by atoms with E-state index in [-0.39, 0.29) is 24.3 Å². The Hall–Kier alpha value is -2.73. The quantitative estimate of drug-likeness (QED) is 0.818. The van der Waals surface area contributed by atoms with Crippen LogP contribution in [0.25, 0.3) is 0 Å². The summed E-state index contributed by atoms with van der Waals surface area (Å²) in [5.41, 5.74) is 1.81. The van der Waals surface area contributed by atoms with Crippen molar-refractivity contribution in [1.82, 2.24) is 4.90 Å². The largest absolute Gasteiger partial charge is 0.465 e. The zero-order chi connectivity index (χ0) is 18.4. The maximum absolute atomic E-state index is 13.0. The highest BCUT2D eigenvalue weighted by molar-refractivity contribution is 5.95. The van der Waals surface area contributed by atoms with E-state index in [1.807, 2.05) is 18.9 Å². The van der Waals surface area contributed by atoms with Gasteiger partial charge in [0.2, 0.25) is 5.91 Å². The molecule has 1 amide bonds. The number of methoxy groups -OCH3 is 1. The average Bonchev–Trinajstić information content (AvgIpc) is 2.61. The van der Waals surface area contributed by atoms with Crippen LogP contribution in [0.4, 0.5) is 10.1 Å². The molecule has 1 atom stereocenters. The summed E-state index contributed by atoms with van der Waals surface area (Å²) in [5.74, 6) is -0.960. The third kappa shape index (κ3) is 5.12. The summed E-state index contributed by atoms with van der Waals surface area (Å²) in [5, 5.41) is 2.76. The van der Waals surface area contributed by atoms with E-state index in [0.29, 0.717) is 11.3 Å². The fourth-order valence-electron chi connectivity index (χ4n) is 2.40. The molecule has 0 saturated heterocycles. The molecule has 25 heavy (non-hydrogen) atoms. The van der Waals surface area contributed by atoms with Crippen molar-refractivity contribution in [2.45, 2.75) is 13.0 Å². The molecule has 0 aromatic heterocycles. The lowest BCUT2D eigenvalue weighted by Crippen LogP contribution is -2.32. The first-order chi connectivity index (χ1) is 11.9. The Kier molecular flexibility index (Phi) is 6.25. The van der Waals surface area contributed by atoms with Crippen molar-refractivity contribution in [2.24, 2.45) is 0 Å². The van der Waals surface area contributed by atoms with E-state index >= 15 is 0 Å². The van der Waals surface area contributed by atoms with Crippen LogP contribution in [0.3, 0.4) is 0 Å². The van der Waals surface area contributed by atoms with E-state index in [4.69, 9.17) is 0 Å². The predicted molar refractivity (Wildman–Crippen MR) is 93.9 cm³/mol. The molecular weight excluding hydrogens is 323 g/mol. The molecule has 5 nitrogen and oxygen atoms in total. The Labute approximate surface area is 146 Å². The number of hydrogen-bond donors (Lipinski definition) is 1. The van der Waals surface area contributed by atoms with Crippen LogP contribution in [0, 0.1) is 5.82 Å². The van der Waals surface area contributed by atoms with Crippen molar-refractivity contribution in [2.75, 3.05) is 26.0 Å². The molecule has 0 aliphatic heterocycles. The number of anilines is 1. The third-order valence-electron chi connectivity index (χ3n) is 3.97. The summed E-state index contributed by atoms with van der Waals surface area (Å²) in [6.07, 6.45) is 0. The number of carbonyl (C=O) groups excluding carboxylic acids is 2. The zero-order valence-corrected chi connectivity index (χ0v) is 14.5. The minimum atomic E-state index is -0.460. The van der Waals surface area contributed by atoms with E-state index in [9.17, 15) is 14.0 Å². The summed E-state index contributed by atoms with van der Waals surface area (Å²) in [7, 11) is 3.12. The van der Waals surface area contributed by atoms with Gasteiger partial charge in [0, 0.05) is 11.7 Å². The minimum Gasteiger partial charge on any atom is -0.465 e. The summed E-state index contributed by atoms with van der Waals surface area (Å²) >= 11 is 0. The van der Waals surface area contributed by atoms with Crippen LogP contribution >= 0.6 is 0 Å². The molecule has 2 aromatic rings. The number of esters is 1. The lowest BCUT2D eigenvalue weighted by Gasteiger charge is -2.24. The number of nitrogens with one attached hydrogen (secondary N) is 1. The van der Waals surface area contributed by atoms with Gasteiger partial charge in [0.25, 0.3) is 0 Å². The van der Waals surface area contributed by atoms with Crippen LogP contribution in [-0.2, 0) is 9.53 Å². The molecule has 0 radical (unpaired) electrons. The topological polar surface area (TPSA) is 58.6 Å². The summed E-state index contributed by atoms with van der Waals surface area (Å²) in [6, 6.07) is 12.7. The fraction of sp³-hybridized carbons (Fsp3) is 0.263. The van der Waals surface area contributed by atoms with Gasteiger partial charge in [0.15, 0.2) is 0 Å². The lowest BCUT2D eigenvalue weighted by molar-refractivity contribution is -0.117. The molecule has 1 N–H and O–H groups in total. The second-order valence-electron chi connectivity index (χ2n) is 5.76. The smallest absolute Gasteiger partial charge is 0.337 e. The average molecular weight is 344 g/mol. The van der Waals surface area contributed by atoms with Gasteiger partial charge < -0.3 is 10.1 Å². The van der Waals surface area contributed by atoms with E-state index in [2.05, 4.69) is 10.1 Å². The first-order valence-corrected chi connectivity index (χ1v) is 7.84. The highest BCUT2D eigenvalue weighted by Crippen LogP contribution is 2.19. The molecule has 6 heteroatoms. The van der Waals surface area contributed by atoms with Crippen molar-refractivity contribution in [3.8, 4) is 0 Å². The molecule has 2 aromatic carbocycles. The summed E-state index contributed by atoms with van der Waals surface area (Å²) in [4.78, 5) is 25.6. The van der Waals surface area contributed by atoms with E-state index in [1.54, 1.807) is 36.4 Å². The number of halogens is 1. The Morgan fingerprint density at radius 1 is 1.20 bits per heavy atom. The highest BCUT2D eigenvalue weighted by Gasteiger charge is 2.15. The van der Waals surface area contributed by atoms with E-state index < -0.39 is 5.97 Å². The van der Waals surface area contributed by atoms with E-state index in [0.717, 1.165) is 5.56 Å². The van der Waals surface area contributed by atoms with Gasteiger partial charge in [-0.25, -0.2) is 9.18 Å². The van der Waals surface area contributed by atoms with Crippen LogP contribution in [0.1, 0.15) is 28.9 Å². The molecule has 132 valence electrons. The molecule has 1 unspecified atom stereocenters. The molecule has 0 bridgehead atoms. The molecule has 0 heterocycles. The fourth-order valence-corrected chi connectivity index (χ4v) is 2.40. The monoisotopic (exact) mass is 344 g/mol. The van der Waals surface area contributed by atoms with Crippen LogP contribution < -0.4 is 5.32 Å². The molecule has 0 fully saturated rings. The van der Waals surface area contributed by atoms with Gasteiger partial charge in [-0.3, -0.25) is 9.69 Å². The van der Waals surface area contributed by atoms with Gasteiger partial charge in [0.05, 0.1) is 19.2 Å². The maximum atomic E-state index is 13.0. The normalized spacial score (nSPS) is 11.9. The molecule has 2 rings (SSSR count). The van der Waals surface area contributed by atoms with Gasteiger partial charge in [-0.05, 0) is 49.9 Å². The number of rotatable bonds is 6. The van der Waals surface area contributed by atoms with Crippen molar-refractivity contribution in [1.29, 1.82) is 0 Å². The van der Waals surface area contributed by atoms with Gasteiger partial charge in [-0.2, -0.15) is 0 Å². The Morgan fingerprint density at radius 2 is 1.88 bits per heavy atom. The predicted octanol–water partition coefficient (Wildman–Crippen LogP) is 3.24. The van der Waals surface area contributed by atoms with Gasteiger partial charge >= 0.3 is 5.97 Å². The molecular formula is C19H21FN2O3. The van der Waals surface area contributed by atoms with Crippen molar-refractivity contribution >= 4 is 17.6 Å². The highest BCUT2D eigenvalue weighted by atomic mass is 19.1. The number of ether oxygens (including phenoxy) is 1. The van der Waals surface area contributed by atoms with Gasteiger partial charge in [-0.1, -0.05) is 18.2 Å². The maximum Gasteiger partial charge on any atom is 0.337 e. The number of hydrogen-bond acceptors (Lipinski definition) is 4. The van der Waals surface area contributed by atoms with Crippen LogP contribution in [0.2, 0.25) is 0 Å². The van der Waals surface area contributed by atoms with Gasteiger partial charge in [-0.15, -0.1) is 0 Å². The number of amides is 1. The third-order valence-corrected chi connectivity index (χ3v) is 3.97. The van der Waals surface area contributed by atoms with Gasteiger partial charge in [0.1, 0.15) is 5.82 Å². The first kappa shape index (κ1) is 18.6. The standard InChI is InChI=1S/C19H21FN2O3/c1-13(14-7-9-16(20)10-8-14)22(2)12-18(23)21-17-6-4-5-15(11-17)19(24)25-3/h4-11,13H,12H2,1-3H3,(H,21,23). The Bertz CT molecular complexity index is 747. The SMILES string of the molecule is COC(=O)c1cccc(NC(=O)CN(C)C(C)c2ccc(F)cc2)c1. The van der Waals surface area contributed by atoms with E-state index in [1.165, 1.54) is 19.2 Å². The second-order valence-corrected chi connectivity index (χ2v) is 5.76. The molecule has 0 aliphatic carbocycles. The molecule has 0 spiro atoms. The number of nitrogens with zero attached hydrogens (tertiary/aromatic N) is 1. The second kappa shape index (κ2) is 8.39. The van der Waals surface area contributed by atoms with Crippen molar-refractivity contribution < 1.29 is 18.7 Å². The van der Waals surface area contributed by atoms with Crippen LogP contribution in [-0.4, -0.2) is 37.5 Å². The Balaban J connectivity index is 1.97. The molecule has 0 saturated carbocycles. The van der Waals surface area contributed by atoms with Crippen molar-refractivity contribution in [3.05, 3.63) is 65.5 Å². The minimum absolute atomic E-state index is 0.0484. The van der Waals surface area contributed by atoms with Crippen LogP contribution in [0.15, 0.2) is 48.5 Å².